The van der Waals surface area contributed by atoms with E-state index in [2.05, 4.69) is 5.32 Å². The number of ether oxygens (including phenoxy) is 1. The van der Waals surface area contributed by atoms with Crippen molar-refractivity contribution in [2.24, 2.45) is 5.41 Å². The lowest BCUT2D eigenvalue weighted by Gasteiger charge is -2.33. The second-order valence-corrected chi connectivity index (χ2v) is 7.29. The van der Waals surface area contributed by atoms with Crippen molar-refractivity contribution in [1.82, 2.24) is 5.32 Å². The van der Waals surface area contributed by atoms with E-state index < -0.39 is 6.10 Å². The maximum absolute atomic E-state index is 11.5. The molecule has 1 aromatic carbocycles. The predicted octanol–water partition coefficient (Wildman–Crippen LogP) is 3.34. The van der Waals surface area contributed by atoms with Gasteiger partial charge in [-0.25, -0.2) is 0 Å². The summed E-state index contributed by atoms with van der Waals surface area (Å²) in [5, 5.41) is 13.7. The molecule has 0 radical (unpaired) electrons. The quantitative estimate of drug-likeness (QED) is 0.881. The first-order valence-electron chi connectivity index (χ1n) is 7.85. The molecule has 0 saturated heterocycles. The summed E-state index contributed by atoms with van der Waals surface area (Å²) in [7, 11) is 0. The Kier molecular flexibility index (Phi) is 4.52. The monoisotopic (exact) mass is 305 g/mol. The second-order valence-electron chi connectivity index (χ2n) is 7.29. The van der Waals surface area contributed by atoms with E-state index in [1.165, 1.54) is 6.92 Å². The fourth-order valence-electron chi connectivity index (χ4n) is 2.98. The van der Waals surface area contributed by atoms with Crippen molar-refractivity contribution >= 4 is 5.91 Å². The van der Waals surface area contributed by atoms with Gasteiger partial charge in [0.15, 0.2) is 0 Å². The van der Waals surface area contributed by atoms with Crippen LogP contribution < -0.4 is 10.1 Å². The Balaban J connectivity index is 2.55. The number of carbonyl (C=O) groups is 1. The Labute approximate surface area is 132 Å². The number of nitrogens with one attached hydrogen (secondary N) is 1. The van der Waals surface area contributed by atoms with E-state index in [1.54, 1.807) is 0 Å². The van der Waals surface area contributed by atoms with E-state index in [1.807, 2.05) is 40.7 Å². The first-order chi connectivity index (χ1) is 10.1. The zero-order chi connectivity index (χ0) is 16.7. The molecule has 1 aromatic rings. The molecule has 122 valence electrons. The fourth-order valence-corrected chi connectivity index (χ4v) is 2.98. The largest absolute Gasteiger partial charge is 0.493 e. The van der Waals surface area contributed by atoms with Gasteiger partial charge in [0, 0.05) is 18.9 Å². The number of fused-ring (bicyclic) bond motifs is 1. The molecule has 2 unspecified atom stereocenters. The van der Waals surface area contributed by atoms with Gasteiger partial charge in [0.05, 0.1) is 18.8 Å². The minimum atomic E-state index is -0.559. The highest BCUT2D eigenvalue weighted by Gasteiger charge is 2.31. The Morgan fingerprint density at radius 1 is 1.36 bits per heavy atom. The molecule has 1 heterocycles. The minimum Gasteiger partial charge on any atom is -0.493 e. The highest BCUT2D eigenvalue weighted by molar-refractivity contribution is 5.73. The number of hydrogen-bond acceptors (Lipinski definition) is 3. The molecule has 2 atom stereocenters. The first kappa shape index (κ1) is 16.8. The SMILES string of the molecule is CC(=O)NC1CCOc2c1cc(C(O)C(C)(C)C)c(C)c2C. The van der Waals surface area contributed by atoms with E-state index in [0.717, 1.165) is 34.4 Å². The van der Waals surface area contributed by atoms with Gasteiger partial charge in [0.25, 0.3) is 0 Å². The van der Waals surface area contributed by atoms with Gasteiger partial charge in [-0.05, 0) is 42.0 Å². The summed E-state index contributed by atoms with van der Waals surface area (Å²) < 4.78 is 5.83. The molecule has 1 aliphatic heterocycles. The molecule has 0 bridgehead atoms. The number of hydrogen-bond donors (Lipinski definition) is 2. The van der Waals surface area contributed by atoms with Crippen LogP contribution in [0.4, 0.5) is 0 Å². The zero-order valence-electron chi connectivity index (χ0n) is 14.4. The smallest absolute Gasteiger partial charge is 0.217 e. The molecule has 1 amide bonds. The van der Waals surface area contributed by atoms with E-state index >= 15 is 0 Å². The number of carbonyl (C=O) groups excluding carboxylic acids is 1. The normalized spacial score (nSPS) is 19.1. The summed E-state index contributed by atoms with van der Waals surface area (Å²) in [6.45, 7) is 12.2. The lowest BCUT2D eigenvalue weighted by molar-refractivity contribution is -0.119. The lowest BCUT2D eigenvalue weighted by atomic mass is 9.80. The average molecular weight is 305 g/mol. The summed E-state index contributed by atoms with van der Waals surface area (Å²) in [5.41, 5.74) is 3.76. The minimum absolute atomic E-state index is 0.0472. The molecule has 4 heteroatoms. The number of amides is 1. The van der Waals surface area contributed by atoms with Gasteiger partial charge in [-0.15, -0.1) is 0 Å². The third-order valence-corrected chi connectivity index (χ3v) is 4.43. The standard InChI is InChI=1S/C18H27NO3/c1-10-11(2)16-14(9-13(10)17(21)18(4,5)6)15(7-8-22-16)19-12(3)20/h9,15,17,21H,7-8H2,1-6H3,(H,19,20). The number of rotatable bonds is 2. The van der Waals surface area contributed by atoms with Crippen molar-refractivity contribution < 1.29 is 14.6 Å². The molecular weight excluding hydrogens is 278 g/mol. The predicted molar refractivity (Wildman–Crippen MR) is 87.0 cm³/mol. The van der Waals surface area contributed by atoms with Crippen molar-refractivity contribution in [2.75, 3.05) is 6.61 Å². The summed E-state index contributed by atoms with van der Waals surface area (Å²) in [6.07, 6.45) is 0.191. The van der Waals surface area contributed by atoms with Crippen molar-refractivity contribution in [2.45, 2.75) is 60.1 Å². The van der Waals surface area contributed by atoms with E-state index in [0.29, 0.717) is 6.61 Å². The van der Waals surface area contributed by atoms with Crippen LogP contribution in [-0.4, -0.2) is 17.6 Å². The molecule has 0 aromatic heterocycles. The van der Waals surface area contributed by atoms with Gasteiger partial charge >= 0.3 is 0 Å². The summed E-state index contributed by atoms with van der Waals surface area (Å²) >= 11 is 0. The van der Waals surface area contributed by atoms with Crippen LogP contribution in [0.3, 0.4) is 0 Å². The second kappa shape index (κ2) is 5.92. The van der Waals surface area contributed by atoms with Gasteiger partial charge in [0.2, 0.25) is 5.91 Å². The zero-order valence-corrected chi connectivity index (χ0v) is 14.4. The van der Waals surface area contributed by atoms with Gasteiger partial charge in [-0.3, -0.25) is 4.79 Å². The number of aliphatic hydroxyl groups excluding tert-OH is 1. The van der Waals surface area contributed by atoms with Gasteiger partial charge in [0.1, 0.15) is 5.75 Å². The third kappa shape index (κ3) is 3.12. The van der Waals surface area contributed by atoms with Crippen LogP contribution in [0, 0.1) is 19.3 Å². The van der Waals surface area contributed by atoms with E-state index in [-0.39, 0.29) is 17.4 Å². The molecule has 2 N–H and O–H groups in total. The van der Waals surface area contributed by atoms with Crippen LogP contribution in [0.2, 0.25) is 0 Å². The van der Waals surface area contributed by atoms with Crippen LogP contribution in [0.1, 0.15) is 68.5 Å². The average Bonchev–Trinajstić information content (AvgIpc) is 2.41. The summed E-state index contributed by atoms with van der Waals surface area (Å²) in [4.78, 5) is 11.5. The van der Waals surface area contributed by atoms with E-state index in [4.69, 9.17) is 4.74 Å². The molecule has 0 saturated carbocycles. The fraction of sp³-hybridized carbons (Fsp3) is 0.611. The summed E-state index contributed by atoms with van der Waals surface area (Å²) in [6, 6.07) is 1.96. The van der Waals surface area contributed by atoms with Crippen molar-refractivity contribution in [3.63, 3.8) is 0 Å². The Morgan fingerprint density at radius 3 is 2.55 bits per heavy atom. The van der Waals surface area contributed by atoms with Gasteiger partial charge < -0.3 is 15.2 Å². The van der Waals surface area contributed by atoms with Crippen molar-refractivity contribution in [3.05, 3.63) is 28.3 Å². The molecule has 22 heavy (non-hydrogen) atoms. The van der Waals surface area contributed by atoms with Crippen LogP contribution in [-0.2, 0) is 4.79 Å². The molecule has 0 aliphatic carbocycles. The maximum Gasteiger partial charge on any atom is 0.217 e. The third-order valence-electron chi connectivity index (χ3n) is 4.43. The van der Waals surface area contributed by atoms with Crippen molar-refractivity contribution in [3.8, 4) is 5.75 Å². The van der Waals surface area contributed by atoms with Gasteiger partial charge in [-0.2, -0.15) is 0 Å². The molecule has 4 nitrogen and oxygen atoms in total. The summed E-state index contributed by atoms with van der Waals surface area (Å²) in [5.74, 6) is 0.807. The lowest BCUT2D eigenvalue weighted by Crippen LogP contribution is -2.31. The van der Waals surface area contributed by atoms with Crippen molar-refractivity contribution in [1.29, 1.82) is 0 Å². The molecule has 0 fully saturated rings. The molecular formula is C18H27NO3. The van der Waals surface area contributed by atoms with Gasteiger partial charge in [-0.1, -0.05) is 20.8 Å². The maximum atomic E-state index is 11.5. The number of aliphatic hydroxyl groups is 1. The van der Waals surface area contributed by atoms with Crippen LogP contribution in [0.25, 0.3) is 0 Å². The van der Waals surface area contributed by atoms with Crippen LogP contribution >= 0.6 is 0 Å². The Morgan fingerprint density at radius 2 is 2.00 bits per heavy atom. The van der Waals surface area contributed by atoms with Crippen LogP contribution in [0.15, 0.2) is 6.07 Å². The Bertz CT molecular complexity index is 587. The van der Waals surface area contributed by atoms with E-state index in [9.17, 15) is 9.90 Å². The molecule has 1 aliphatic rings. The Hall–Kier alpha value is -1.55. The number of benzene rings is 1. The first-order valence-corrected chi connectivity index (χ1v) is 7.85. The molecule has 2 rings (SSSR count). The van der Waals surface area contributed by atoms with Crippen LogP contribution in [0.5, 0.6) is 5.75 Å². The highest BCUT2D eigenvalue weighted by atomic mass is 16.5. The highest BCUT2D eigenvalue weighted by Crippen LogP contribution is 2.42. The topological polar surface area (TPSA) is 58.6 Å². The molecule has 0 spiro atoms.